The third-order valence-electron chi connectivity index (χ3n) is 5.22. The first-order valence-electron chi connectivity index (χ1n) is 8.70. The molecule has 3 rings (SSSR count). The van der Waals surface area contributed by atoms with Crippen LogP contribution in [-0.4, -0.2) is 44.9 Å². The zero-order valence-corrected chi connectivity index (χ0v) is 15.3. The second kappa shape index (κ2) is 6.69. The van der Waals surface area contributed by atoms with E-state index in [1.54, 1.807) is 6.20 Å². The van der Waals surface area contributed by atoms with Gasteiger partial charge in [0.1, 0.15) is 11.6 Å². The van der Waals surface area contributed by atoms with Gasteiger partial charge in [0.25, 0.3) is 0 Å². The monoisotopic (exact) mass is 342 g/mol. The van der Waals surface area contributed by atoms with Crippen molar-refractivity contribution in [2.24, 2.45) is 5.41 Å². The summed E-state index contributed by atoms with van der Waals surface area (Å²) < 4.78 is 5.71. The van der Waals surface area contributed by atoms with Gasteiger partial charge in [0.2, 0.25) is 0 Å². The van der Waals surface area contributed by atoms with Crippen LogP contribution in [0, 0.1) is 12.3 Å². The van der Waals surface area contributed by atoms with Gasteiger partial charge < -0.3 is 15.2 Å². The Morgan fingerprint density at radius 1 is 1.28 bits per heavy atom. The Balaban J connectivity index is 1.73. The molecule has 0 radical (unpaired) electrons. The molecule has 2 N–H and O–H groups in total. The molecule has 0 saturated heterocycles. The molecule has 0 aliphatic heterocycles. The van der Waals surface area contributed by atoms with E-state index in [9.17, 15) is 5.11 Å². The van der Waals surface area contributed by atoms with E-state index in [0.29, 0.717) is 31.2 Å². The number of hydrogen-bond donors (Lipinski definition) is 2. The summed E-state index contributed by atoms with van der Waals surface area (Å²) in [6, 6.07) is 7.59. The molecule has 2 heterocycles. The minimum atomic E-state index is -0.823. The van der Waals surface area contributed by atoms with Crippen molar-refractivity contribution in [1.29, 1.82) is 0 Å². The number of hydrogen-bond acceptors (Lipinski definition) is 6. The molecule has 2 aromatic heterocycles. The van der Waals surface area contributed by atoms with Crippen LogP contribution in [0.3, 0.4) is 0 Å². The molecule has 2 aromatic rings. The van der Waals surface area contributed by atoms with E-state index in [2.05, 4.69) is 20.3 Å². The molecule has 25 heavy (non-hydrogen) atoms. The summed E-state index contributed by atoms with van der Waals surface area (Å²) in [7, 11) is 0. The number of aliphatic hydroxyl groups is 1. The van der Waals surface area contributed by atoms with E-state index in [-0.39, 0.29) is 11.5 Å². The number of nitrogens with one attached hydrogen (secondary N) is 1. The van der Waals surface area contributed by atoms with Crippen molar-refractivity contribution in [3.05, 3.63) is 36.3 Å². The van der Waals surface area contributed by atoms with Gasteiger partial charge in [-0.2, -0.15) is 0 Å². The summed E-state index contributed by atoms with van der Waals surface area (Å²) in [4.78, 5) is 13.2. The number of ether oxygens (including phenoxy) is 1. The van der Waals surface area contributed by atoms with E-state index in [0.717, 1.165) is 11.4 Å². The predicted molar refractivity (Wildman–Crippen MR) is 97.3 cm³/mol. The normalized spacial score (nSPS) is 24.6. The Labute approximate surface area is 148 Å². The van der Waals surface area contributed by atoms with Gasteiger partial charge in [-0.1, -0.05) is 19.9 Å². The molecule has 134 valence electrons. The highest BCUT2D eigenvalue weighted by atomic mass is 16.5. The molecule has 0 spiro atoms. The highest BCUT2D eigenvalue weighted by Crippen LogP contribution is 2.51. The van der Waals surface area contributed by atoms with E-state index in [1.165, 1.54) is 0 Å². The molecule has 0 aromatic carbocycles. The number of aromatic nitrogens is 3. The zero-order valence-electron chi connectivity index (χ0n) is 15.3. The number of rotatable bonds is 6. The van der Waals surface area contributed by atoms with E-state index in [1.807, 2.05) is 52.0 Å². The second-order valence-corrected chi connectivity index (χ2v) is 7.16. The predicted octanol–water partition coefficient (Wildman–Crippen LogP) is 2.83. The molecule has 6 nitrogen and oxygen atoms in total. The van der Waals surface area contributed by atoms with Gasteiger partial charge in [-0.15, -0.1) is 0 Å². The molecule has 6 heteroatoms. The smallest absolute Gasteiger partial charge is 0.130 e. The largest absolute Gasteiger partial charge is 0.387 e. The highest BCUT2D eigenvalue weighted by molar-refractivity contribution is 5.58. The van der Waals surface area contributed by atoms with Gasteiger partial charge in [-0.3, -0.25) is 4.98 Å². The molecule has 2 unspecified atom stereocenters. The summed E-state index contributed by atoms with van der Waals surface area (Å²) in [6.07, 6.45) is 2.45. The average molecular weight is 342 g/mol. The molecular weight excluding hydrogens is 316 g/mol. The van der Waals surface area contributed by atoms with Crippen molar-refractivity contribution in [3.8, 4) is 11.4 Å². The van der Waals surface area contributed by atoms with E-state index < -0.39 is 5.60 Å². The van der Waals surface area contributed by atoms with Gasteiger partial charge in [-0.05, 0) is 26.0 Å². The van der Waals surface area contributed by atoms with Crippen LogP contribution in [0.5, 0.6) is 0 Å². The van der Waals surface area contributed by atoms with Crippen molar-refractivity contribution in [3.63, 3.8) is 0 Å². The van der Waals surface area contributed by atoms with Crippen LogP contribution < -0.4 is 5.32 Å². The van der Waals surface area contributed by atoms with E-state index >= 15 is 0 Å². The van der Waals surface area contributed by atoms with Crippen LogP contribution >= 0.6 is 0 Å². The third-order valence-corrected chi connectivity index (χ3v) is 5.22. The zero-order chi connectivity index (χ0) is 18.1. The third kappa shape index (κ3) is 3.37. The van der Waals surface area contributed by atoms with Gasteiger partial charge in [0.15, 0.2) is 0 Å². The van der Waals surface area contributed by atoms with Crippen LogP contribution in [0.25, 0.3) is 11.4 Å². The minimum Gasteiger partial charge on any atom is -0.387 e. The topological polar surface area (TPSA) is 80.2 Å². The minimum absolute atomic E-state index is 0.0838. The van der Waals surface area contributed by atoms with Gasteiger partial charge in [-0.25, -0.2) is 9.97 Å². The van der Waals surface area contributed by atoms with Crippen molar-refractivity contribution in [2.45, 2.75) is 45.8 Å². The van der Waals surface area contributed by atoms with Crippen LogP contribution in [0.2, 0.25) is 0 Å². The van der Waals surface area contributed by atoms with Crippen molar-refractivity contribution in [2.75, 3.05) is 18.5 Å². The van der Waals surface area contributed by atoms with Crippen LogP contribution in [-0.2, 0) is 4.74 Å². The van der Waals surface area contributed by atoms with Crippen LogP contribution in [0.4, 0.5) is 5.82 Å². The second-order valence-electron chi connectivity index (χ2n) is 7.16. The first-order chi connectivity index (χ1) is 11.9. The Morgan fingerprint density at radius 2 is 2.08 bits per heavy atom. The summed E-state index contributed by atoms with van der Waals surface area (Å²) >= 11 is 0. The van der Waals surface area contributed by atoms with E-state index in [4.69, 9.17) is 4.74 Å². The Hall–Kier alpha value is -2.05. The molecule has 0 amide bonds. The van der Waals surface area contributed by atoms with Gasteiger partial charge in [0.05, 0.1) is 23.1 Å². The molecule has 0 bridgehead atoms. The lowest BCUT2D eigenvalue weighted by Gasteiger charge is -2.58. The maximum Gasteiger partial charge on any atom is 0.130 e. The highest BCUT2D eigenvalue weighted by Gasteiger charge is 2.59. The fourth-order valence-electron chi connectivity index (χ4n) is 3.30. The Bertz CT molecular complexity index is 735. The number of anilines is 1. The molecule has 1 fully saturated rings. The van der Waals surface area contributed by atoms with Gasteiger partial charge >= 0.3 is 0 Å². The lowest BCUT2D eigenvalue weighted by atomic mass is 9.56. The average Bonchev–Trinajstić information content (AvgIpc) is 2.60. The summed E-state index contributed by atoms with van der Waals surface area (Å²) in [5.74, 6) is 1.36. The maximum atomic E-state index is 11.0. The molecule has 2 atom stereocenters. The van der Waals surface area contributed by atoms with Gasteiger partial charge in [0, 0.05) is 37.3 Å². The number of nitrogens with zero attached hydrogens (tertiary/aromatic N) is 3. The molecular formula is C19H26N4O2. The summed E-state index contributed by atoms with van der Waals surface area (Å²) in [6.45, 7) is 9.00. The van der Waals surface area contributed by atoms with Crippen molar-refractivity contribution >= 4 is 5.82 Å². The van der Waals surface area contributed by atoms with Crippen molar-refractivity contribution in [1.82, 2.24) is 15.0 Å². The lowest BCUT2D eigenvalue weighted by Crippen LogP contribution is -2.67. The summed E-state index contributed by atoms with van der Waals surface area (Å²) in [5, 5.41) is 14.2. The maximum absolute atomic E-state index is 11.0. The Morgan fingerprint density at radius 3 is 2.72 bits per heavy atom. The number of pyridine rings is 1. The Kier molecular flexibility index (Phi) is 4.75. The summed E-state index contributed by atoms with van der Waals surface area (Å²) in [5.41, 5.74) is 0.441. The number of aryl methyl sites for hydroxylation is 1. The molecule has 1 aliphatic rings. The SMILES string of the molecule is CCOC1CC(O)(CNc2cc(-c3ccccn3)nc(C)n2)C1(C)C. The lowest BCUT2D eigenvalue weighted by molar-refractivity contribution is -0.233. The quantitative estimate of drug-likeness (QED) is 0.840. The van der Waals surface area contributed by atoms with Crippen LogP contribution in [0.15, 0.2) is 30.5 Å². The molecule has 1 aliphatic carbocycles. The fourth-order valence-corrected chi connectivity index (χ4v) is 3.30. The van der Waals surface area contributed by atoms with Crippen molar-refractivity contribution < 1.29 is 9.84 Å². The first-order valence-corrected chi connectivity index (χ1v) is 8.70. The first kappa shape index (κ1) is 17.8. The molecule has 1 saturated carbocycles. The van der Waals surface area contributed by atoms with Crippen LogP contribution in [0.1, 0.15) is 33.0 Å². The fraction of sp³-hybridized carbons (Fsp3) is 0.526. The standard InChI is InChI=1S/C19H26N4O2/c1-5-25-16-11-19(24,18(16,3)4)12-21-17-10-15(22-13(2)23-17)14-8-6-7-9-20-14/h6-10,16,24H,5,11-12H2,1-4H3,(H,21,22,23).